The maximum absolute atomic E-state index is 12.1. The minimum atomic E-state index is -0.685. The molecule has 0 atom stereocenters. The van der Waals surface area contributed by atoms with Gasteiger partial charge in [-0.05, 0) is 39.9 Å². The average Bonchev–Trinajstić information content (AvgIpc) is 2.77. The highest BCUT2D eigenvalue weighted by Crippen LogP contribution is 2.29. The van der Waals surface area contributed by atoms with Gasteiger partial charge < -0.3 is 15.4 Å². The van der Waals surface area contributed by atoms with Crippen LogP contribution in [0.5, 0.6) is 0 Å². The summed E-state index contributed by atoms with van der Waals surface area (Å²) in [6.07, 6.45) is 0. The van der Waals surface area contributed by atoms with Crippen LogP contribution in [-0.2, 0) is 11.3 Å². The van der Waals surface area contributed by atoms with Crippen molar-refractivity contribution >= 4 is 50.6 Å². The molecule has 2 rings (SSSR count). The molecule has 126 valence electrons. The molecule has 0 aliphatic heterocycles. The molecule has 12 heteroatoms. The van der Waals surface area contributed by atoms with Gasteiger partial charge in [0, 0.05) is 11.1 Å². The fourth-order valence-electron chi connectivity index (χ4n) is 1.87. The molecule has 0 aliphatic rings. The van der Waals surface area contributed by atoms with Crippen LogP contribution in [0, 0.1) is 27.2 Å². The molecule has 1 amide bonds. The number of halogens is 2. The van der Waals surface area contributed by atoms with Gasteiger partial charge in [0.1, 0.15) is 16.7 Å². The van der Waals surface area contributed by atoms with Gasteiger partial charge in [-0.2, -0.15) is 4.68 Å². The van der Waals surface area contributed by atoms with Gasteiger partial charge in [0.2, 0.25) is 5.91 Å². The van der Waals surface area contributed by atoms with Crippen molar-refractivity contribution in [2.45, 2.75) is 13.5 Å². The van der Waals surface area contributed by atoms with Crippen LogP contribution in [0.3, 0.4) is 0 Å². The van der Waals surface area contributed by atoms with Crippen molar-refractivity contribution in [2.75, 3.05) is 5.32 Å². The van der Waals surface area contributed by atoms with Gasteiger partial charge in [-0.1, -0.05) is 11.6 Å². The molecule has 1 aromatic heterocycles. The van der Waals surface area contributed by atoms with E-state index in [4.69, 9.17) is 11.6 Å². The highest BCUT2D eigenvalue weighted by molar-refractivity contribution is 9.10. The van der Waals surface area contributed by atoms with E-state index >= 15 is 0 Å². The van der Waals surface area contributed by atoms with Crippen molar-refractivity contribution in [1.82, 2.24) is 9.78 Å². The SMILES string of the molecule is Cc1c(Br)c([N+](=O)[O-])nn1CC(=O)Nc1ccc(Cl)cc1[N+](=O)[O-]. The normalized spacial score (nSPS) is 10.5. The molecule has 0 spiro atoms. The molecular weight excluding hydrogens is 410 g/mol. The Bertz CT molecular complexity index is 853. The van der Waals surface area contributed by atoms with Crippen molar-refractivity contribution in [3.05, 3.63) is 53.6 Å². The molecule has 24 heavy (non-hydrogen) atoms. The molecule has 0 radical (unpaired) electrons. The Morgan fingerprint density at radius 1 is 1.38 bits per heavy atom. The first kappa shape index (κ1) is 17.8. The van der Waals surface area contributed by atoms with Crippen molar-refractivity contribution in [3.8, 4) is 0 Å². The fourth-order valence-corrected chi connectivity index (χ4v) is 2.46. The number of nitrogens with one attached hydrogen (secondary N) is 1. The Morgan fingerprint density at radius 3 is 2.58 bits per heavy atom. The number of hydrogen-bond acceptors (Lipinski definition) is 6. The van der Waals surface area contributed by atoms with E-state index in [0.29, 0.717) is 5.69 Å². The first-order valence-corrected chi connectivity index (χ1v) is 7.49. The number of nitro benzene ring substituents is 1. The van der Waals surface area contributed by atoms with E-state index in [1.165, 1.54) is 12.1 Å². The summed E-state index contributed by atoms with van der Waals surface area (Å²) >= 11 is 8.73. The molecule has 1 heterocycles. The summed E-state index contributed by atoms with van der Waals surface area (Å²) in [6, 6.07) is 3.80. The fraction of sp³-hybridized carbons (Fsp3) is 0.167. The molecule has 10 nitrogen and oxygen atoms in total. The Labute approximate surface area is 147 Å². The predicted octanol–water partition coefficient (Wildman–Crippen LogP) is 3.06. The van der Waals surface area contributed by atoms with Crippen LogP contribution in [0.15, 0.2) is 22.7 Å². The molecule has 0 saturated carbocycles. The number of anilines is 1. The molecule has 0 aliphatic carbocycles. The summed E-state index contributed by atoms with van der Waals surface area (Å²) in [6.45, 7) is 1.19. The number of nitrogens with zero attached hydrogens (tertiary/aromatic N) is 4. The van der Waals surface area contributed by atoms with Crippen LogP contribution in [-0.4, -0.2) is 25.5 Å². The molecule has 1 N–H and O–H groups in total. The maximum Gasteiger partial charge on any atom is 0.404 e. The van der Waals surface area contributed by atoms with E-state index in [2.05, 4.69) is 26.3 Å². The van der Waals surface area contributed by atoms with Crippen LogP contribution in [0.4, 0.5) is 17.2 Å². The summed E-state index contributed by atoms with van der Waals surface area (Å²) < 4.78 is 1.29. The van der Waals surface area contributed by atoms with Crippen LogP contribution < -0.4 is 5.32 Å². The number of aromatic nitrogens is 2. The van der Waals surface area contributed by atoms with E-state index in [1.807, 2.05) is 0 Å². The summed E-state index contributed by atoms with van der Waals surface area (Å²) in [5.74, 6) is -1.05. The van der Waals surface area contributed by atoms with Crippen molar-refractivity contribution in [2.24, 2.45) is 0 Å². The van der Waals surface area contributed by atoms with Gasteiger partial charge in [-0.3, -0.25) is 14.9 Å². The maximum atomic E-state index is 12.1. The zero-order valence-electron chi connectivity index (χ0n) is 12.0. The van der Waals surface area contributed by atoms with Gasteiger partial charge in [-0.15, -0.1) is 0 Å². The molecular formula is C12H9BrClN5O5. The first-order chi connectivity index (χ1) is 11.2. The highest BCUT2D eigenvalue weighted by atomic mass is 79.9. The number of carbonyl (C=O) groups excluding carboxylic acids is 1. The monoisotopic (exact) mass is 417 g/mol. The topological polar surface area (TPSA) is 133 Å². The Morgan fingerprint density at radius 2 is 2.04 bits per heavy atom. The van der Waals surface area contributed by atoms with Crippen molar-refractivity contribution < 1.29 is 14.6 Å². The summed E-state index contributed by atoms with van der Waals surface area (Å²) in [5, 5.41) is 28.1. The zero-order valence-corrected chi connectivity index (χ0v) is 14.4. The zero-order chi connectivity index (χ0) is 18.0. The van der Waals surface area contributed by atoms with Gasteiger partial charge >= 0.3 is 5.82 Å². The van der Waals surface area contributed by atoms with E-state index in [-0.39, 0.29) is 27.4 Å². The number of hydrogen-bond donors (Lipinski definition) is 1. The predicted molar refractivity (Wildman–Crippen MR) is 88.1 cm³/mol. The summed E-state index contributed by atoms with van der Waals surface area (Å²) in [4.78, 5) is 32.5. The average molecular weight is 419 g/mol. The van der Waals surface area contributed by atoms with Crippen LogP contribution >= 0.6 is 27.5 Å². The Hall–Kier alpha value is -2.53. The highest BCUT2D eigenvalue weighted by Gasteiger charge is 2.25. The van der Waals surface area contributed by atoms with E-state index in [9.17, 15) is 25.0 Å². The largest absolute Gasteiger partial charge is 0.404 e. The van der Waals surface area contributed by atoms with Crippen LogP contribution in [0.2, 0.25) is 5.02 Å². The molecule has 0 bridgehead atoms. The van der Waals surface area contributed by atoms with Crippen molar-refractivity contribution in [3.63, 3.8) is 0 Å². The quantitative estimate of drug-likeness (QED) is 0.586. The summed E-state index contributed by atoms with van der Waals surface area (Å²) in [5.41, 5.74) is -0.0181. The Kier molecular flexibility index (Phi) is 5.14. The molecule has 0 fully saturated rings. The molecule has 0 saturated heterocycles. The van der Waals surface area contributed by atoms with E-state index < -0.39 is 21.6 Å². The smallest absolute Gasteiger partial charge is 0.358 e. The summed E-state index contributed by atoms with van der Waals surface area (Å²) in [7, 11) is 0. The number of nitro groups is 2. The number of benzene rings is 1. The second-order valence-corrected chi connectivity index (χ2v) is 5.83. The third kappa shape index (κ3) is 3.68. The lowest BCUT2D eigenvalue weighted by atomic mass is 10.2. The minimum Gasteiger partial charge on any atom is -0.358 e. The second-order valence-electron chi connectivity index (χ2n) is 4.60. The van der Waals surface area contributed by atoms with E-state index in [1.54, 1.807) is 6.92 Å². The van der Waals surface area contributed by atoms with Crippen LogP contribution in [0.1, 0.15) is 5.69 Å². The lowest BCUT2D eigenvalue weighted by Crippen LogP contribution is -2.20. The van der Waals surface area contributed by atoms with Crippen molar-refractivity contribution in [1.29, 1.82) is 0 Å². The lowest BCUT2D eigenvalue weighted by molar-refractivity contribution is -0.390. The van der Waals surface area contributed by atoms with Gasteiger partial charge in [0.25, 0.3) is 5.69 Å². The van der Waals surface area contributed by atoms with E-state index in [0.717, 1.165) is 10.7 Å². The molecule has 2 aromatic rings. The third-order valence-corrected chi connectivity index (χ3v) is 4.18. The number of carbonyl (C=O) groups is 1. The second kappa shape index (κ2) is 6.93. The minimum absolute atomic E-state index is 0.0345. The molecule has 1 aromatic carbocycles. The number of amides is 1. The van der Waals surface area contributed by atoms with Gasteiger partial charge in [-0.25, -0.2) is 0 Å². The molecule has 0 unspecified atom stereocenters. The standard InChI is InChI=1S/C12H9BrClN5O5/c1-6-11(13)12(19(23)24)16-17(6)5-10(20)15-8-3-2-7(14)4-9(8)18(21)22/h2-4H,5H2,1H3,(H,15,20). The lowest BCUT2D eigenvalue weighted by Gasteiger charge is -2.06. The number of rotatable bonds is 5. The third-order valence-electron chi connectivity index (χ3n) is 3.01. The van der Waals surface area contributed by atoms with Crippen LogP contribution in [0.25, 0.3) is 0 Å². The first-order valence-electron chi connectivity index (χ1n) is 6.31. The van der Waals surface area contributed by atoms with Gasteiger partial charge in [0.15, 0.2) is 0 Å². The van der Waals surface area contributed by atoms with Gasteiger partial charge in [0.05, 0.1) is 15.7 Å². The Balaban J connectivity index is 2.22.